The first-order chi connectivity index (χ1) is 9.09. The van der Waals surface area contributed by atoms with Crippen LogP contribution in [0.15, 0.2) is 0 Å². The molecule has 0 aliphatic carbocycles. The second kappa shape index (κ2) is 6.90. The second-order valence-corrected chi connectivity index (χ2v) is 7.99. The highest BCUT2D eigenvalue weighted by Gasteiger charge is 2.28. The number of hydrogen-bond acceptors (Lipinski definition) is 3. The quantitative estimate of drug-likeness (QED) is 0.776. The Morgan fingerprint density at radius 3 is 2.10 bits per heavy atom. The normalized spacial score (nSPS) is 18.1. The summed E-state index contributed by atoms with van der Waals surface area (Å²) in [7, 11) is 0. The predicted octanol–water partition coefficient (Wildman–Crippen LogP) is 2.24. The molecule has 1 heterocycles. The van der Waals surface area contributed by atoms with Crippen molar-refractivity contribution in [3.05, 3.63) is 0 Å². The molecule has 1 amide bonds. The van der Waals surface area contributed by atoms with Gasteiger partial charge in [0, 0.05) is 39.6 Å². The molecule has 1 aliphatic heterocycles. The minimum atomic E-state index is 0.105. The van der Waals surface area contributed by atoms with Crippen LogP contribution in [-0.4, -0.2) is 61.6 Å². The number of carbonyl (C=O) groups is 1. The summed E-state index contributed by atoms with van der Waals surface area (Å²) >= 11 is 0. The average molecular weight is 284 g/mol. The highest BCUT2D eigenvalue weighted by atomic mass is 16.5. The first kappa shape index (κ1) is 17.4. The average Bonchev–Trinajstić information content (AvgIpc) is 2.26. The summed E-state index contributed by atoms with van der Waals surface area (Å²) in [5.41, 5.74) is 0.245. The molecule has 0 aromatic rings. The highest BCUT2D eigenvalue weighted by molar-refractivity contribution is 5.73. The summed E-state index contributed by atoms with van der Waals surface area (Å²) in [4.78, 5) is 16.3. The molecule has 0 bridgehead atoms. The van der Waals surface area contributed by atoms with Crippen molar-refractivity contribution in [3.63, 3.8) is 0 Å². The topological polar surface area (TPSA) is 32.8 Å². The third-order valence-corrected chi connectivity index (χ3v) is 3.48. The first-order valence-corrected chi connectivity index (χ1v) is 7.65. The maximum atomic E-state index is 11.9. The largest absolute Gasteiger partial charge is 0.379 e. The summed E-state index contributed by atoms with van der Waals surface area (Å²) in [6, 6.07) is 0. The zero-order valence-electron chi connectivity index (χ0n) is 14.2. The molecule has 0 spiro atoms. The van der Waals surface area contributed by atoms with Gasteiger partial charge in [0.25, 0.3) is 0 Å². The Kier molecular flexibility index (Phi) is 6.02. The van der Waals surface area contributed by atoms with Gasteiger partial charge in [-0.1, -0.05) is 34.6 Å². The number of morpholine rings is 1. The van der Waals surface area contributed by atoms with E-state index in [1.54, 1.807) is 6.92 Å². The van der Waals surface area contributed by atoms with Gasteiger partial charge in [0.15, 0.2) is 0 Å². The molecule has 0 N–H and O–H groups in total. The van der Waals surface area contributed by atoms with E-state index in [2.05, 4.69) is 39.5 Å². The Balaban J connectivity index is 2.58. The van der Waals surface area contributed by atoms with Crippen LogP contribution in [0, 0.1) is 10.8 Å². The van der Waals surface area contributed by atoms with Crippen LogP contribution in [0.3, 0.4) is 0 Å². The lowest BCUT2D eigenvalue weighted by Crippen LogP contribution is -2.48. The molecule has 0 aromatic carbocycles. The van der Waals surface area contributed by atoms with Crippen LogP contribution in [0.1, 0.15) is 41.5 Å². The van der Waals surface area contributed by atoms with E-state index in [9.17, 15) is 4.79 Å². The number of nitrogens with zero attached hydrogens (tertiary/aromatic N) is 2. The Hall–Kier alpha value is -0.610. The van der Waals surface area contributed by atoms with Crippen LogP contribution in [0.25, 0.3) is 0 Å². The standard InChI is InChI=1S/C16H32N2O2/c1-14(19)18(11-15(2,3)4)13-16(5,6)12-17-7-9-20-10-8-17/h7-13H2,1-6H3. The molecule has 4 heteroatoms. The molecule has 0 aromatic heterocycles. The molecule has 1 aliphatic rings. The number of ether oxygens (including phenoxy) is 1. The summed E-state index contributed by atoms with van der Waals surface area (Å²) < 4.78 is 5.39. The van der Waals surface area contributed by atoms with Gasteiger partial charge < -0.3 is 9.64 Å². The van der Waals surface area contributed by atoms with Gasteiger partial charge >= 0.3 is 0 Å². The molecule has 20 heavy (non-hydrogen) atoms. The van der Waals surface area contributed by atoms with Crippen LogP contribution >= 0.6 is 0 Å². The first-order valence-electron chi connectivity index (χ1n) is 7.65. The Labute approximate surface area is 124 Å². The summed E-state index contributed by atoms with van der Waals surface area (Å²) in [5, 5.41) is 0. The van der Waals surface area contributed by atoms with Crippen LogP contribution in [0.5, 0.6) is 0 Å². The SMILES string of the molecule is CC(=O)N(CC(C)(C)C)CC(C)(C)CN1CCOCC1. The van der Waals surface area contributed by atoms with Crippen LogP contribution in [0.2, 0.25) is 0 Å². The Morgan fingerprint density at radius 2 is 1.65 bits per heavy atom. The summed E-state index contributed by atoms with van der Waals surface area (Å²) in [5.74, 6) is 0.176. The van der Waals surface area contributed by atoms with Gasteiger partial charge in [0.05, 0.1) is 13.2 Å². The van der Waals surface area contributed by atoms with Crippen molar-refractivity contribution in [2.75, 3.05) is 45.9 Å². The second-order valence-electron chi connectivity index (χ2n) is 7.99. The van der Waals surface area contributed by atoms with Crippen molar-refractivity contribution in [1.82, 2.24) is 9.80 Å². The fraction of sp³-hybridized carbons (Fsp3) is 0.938. The van der Waals surface area contributed by atoms with E-state index in [0.717, 1.165) is 45.9 Å². The van der Waals surface area contributed by atoms with Crippen molar-refractivity contribution in [2.24, 2.45) is 10.8 Å². The molecule has 0 unspecified atom stereocenters. The third kappa shape index (κ3) is 6.71. The monoisotopic (exact) mass is 284 g/mol. The van der Waals surface area contributed by atoms with E-state index in [-0.39, 0.29) is 16.7 Å². The summed E-state index contributed by atoms with van der Waals surface area (Å²) in [6.45, 7) is 19.0. The zero-order chi connectivity index (χ0) is 15.4. The molecular formula is C16H32N2O2. The summed E-state index contributed by atoms with van der Waals surface area (Å²) in [6.07, 6.45) is 0. The van der Waals surface area contributed by atoms with Gasteiger partial charge in [-0.15, -0.1) is 0 Å². The van der Waals surface area contributed by atoms with E-state index in [1.165, 1.54) is 0 Å². The molecule has 4 nitrogen and oxygen atoms in total. The molecule has 118 valence electrons. The molecule has 0 saturated carbocycles. The molecule has 1 rings (SSSR count). The van der Waals surface area contributed by atoms with Crippen molar-refractivity contribution >= 4 is 5.91 Å². The number of carbonyl (C=O) groups excluding carboxylic acids is 1. The lowest BCUT2D eigenvalue weighted by Gasteiger charge is -2.39. The minimum absolute atomic E-state index is 0.105. The molecule has 0 atom stereocenters. The maximum absolute atomic E-state index is 11.9. The van der Waals surface area contributed by atoms with Gasteiger partial charge in [-0.3, -0.25) is 9.69 Å². The molecular weight excluding hydrogens is 252 g/mol. The fourth-order valence-electron chi connectivity index (χ4n) is 2.78. The van der Waals surface area contributed by atoms with Crippen molar-refractivity contribution in [3.8, 4) is 0 Å². The minimum Gasteiger partial charge on any atom is -0.379 e. The van der Waals surface area contributed by atoms with E-state index in [1.807, 2.05) is 4.90 Å². The van der Waals surface area contributed by atoms with Gasteiger partial charge in [-0.2, -0.15) is 0 Å². The van der Waals surface area contributed by atoms with Crippen molar-refractivity contribution in [2.45, 2.75) is 41.5 Å². The van der Waals surface area contributed by atoms with E-state index in [4.69, 9.17) is 4.74 Å². The number of amides is 1. The highest BCUT2D eigenvalue weighted by Crippen LogP contribution is 2.23. The Bertz CT molecular complexity index is 315. The fourth-order valence-corrected chi connectivity index (χ4v) is 2.78. The third-order valence-electron chi connectivity index (χ3n) is 3.48. The van der Waals surface area contributed by atoms with Gasteiger partial charge in [-0.05, 0) is 10.8 Å². The van der Waals surface area contributed by atoms with Crippen LogP contribution < -0.4 is 0 Å². The molecule has 0 radical (unpaired) electrons. The maximum Gasteiger partial charge on any atom is 0.219 e. The number of hydrogen-bond donors (Lipinski definition) is 0. The van der Waals surface area contributed by atoms with Crippen molar-refractivity contribution in [1.29, 1.82) is 0 Å². The van der Waals surface area contributed by atoms with Crippen molar-refractivity contribution < 1.29 is 9.53 Å². The van der Waals surface area contributed by atoms with E-state index >= 15 is 0 Å². The smallest absolute Gasteiger partial charge is 0.219 e. The van der Waals surface area contributed by atoms with Crippen LogP contribution in [0.4, 0.5) is 0 Å². The zero-order valence-corrected chi connectivity index (χ0v) is 14.2. The lowest BCUT2D eigenvalue weighted by atomic mass is 9.89. The van der Waals surface area contributed by atoms with Gasteiger partial charge in [-0.25, -0.2) is 0 Å². The molecule has 1 saturated heterocycles. The van der Waals surface area contributed by atoms with Gasteiger partial charge in [0.2, 0.25) is 5.91 Å². The van der Waals surface area contributed by atoms with Crippen LogP contribution in [-0.2, 0) is 9.53 Å². The van der Waals surface area contributed by atoms with E-state index in [0.29, 0.717) is 0 Å². The number of rotatable bonds is 5. The Morgan fingerprint density at radius 1 is 1.10 bits per heavy atom. The van der Waals surface area contributed by atoms with E-state index < -0.39 is 0 Å². The molecule has 1 fully saturated rings. The van der Waals surface area contributed by atoms with Gasteiger partial charge in [0.1, 0.15) is 0 Å². The predicted molar refractivity (Wildman–Crippen MR) is 82.7 cm³/mol. The lowest BCUT2D eigenvalue weighted by molar-refractivity contribution is -0.132.